The molecule has 102 valence electrons. The first-order chi connectivity index (χ1) is 8.99. The molecule has 0 unspecified atom stereocenters. The summed E-state index contributed by atoms with van der Waals surface area (Å²) in [5.74, 6) is 0.712. The van der Waals surface area contributed by atoms with Gasteiger partial charge in [-0.1, -0.05) is 6.92 Å². The van der Waals surface area contributed by atoms with E-state index in [2.05, 4.69) is 48.0 Å². The third-order valence-electron chi connectivity index (χ3n) is 2.65. The number of thiazole rings is 1. The Morgan fingerprint density at radius 2 is 1.89 bits per heavy atom. The van der Waals surface area contributed by atoms with Gasteiger partial charge in [0.25, 0.3) is 0 Å². The lowest BCUT2D eigenvalue weighted by molar-refractivity contribution is 0.425. The van der Waals surface area contributed by atoms with Crippen molar-refractivity contribution in [1.82, 2.24) is 20.3 Å². The van der Waals surface area contributed by atoms with Gasteiger partial charge < -0.3 is 5.32 Å². The number of nitrogens with zero attached hydrogens (tertiary/aromatic N) is 3. The lowest BCUT2D eigenvalue weighted by atomic mass is 10.1. The average Bonchev–Trinajstić information content (AvgIpc) is 2.80. The van der Waals surface area contributed by atoms with Crippen molar-refractivity contribution in [2.24, 2.45) is 0 Å². The molecule has 0 saturated heterocycles. The number of aryl methyl sites for hydroxylation is 1. The molecule has 2 rings (SSSR count). The van der Waals surface area contributed by atoms with Gasteiger partial charge in [0.1, 0.15) is 0 Å². The third kappa shape index (κ3) is 3.81. The monoisotopic (exact) mass is 276 g/mol. The van der Waals surface area contributed by atoms with Crippen molar-refractivity contribution in [3.63, 3.8) is 0 Å². The molecule has 0 fully saturated rings. The van der Waals surface area contributed by atoms with Gasteiger partial charge in [0.15, 0.2) is 10.8 Å². The zero-order valence-electron chi connectivity index (χ0n) is 11.9. The summed E-state index contributed by atoms with van der Waals surface area (Å²) < 4.78 is 0. The predicted octanol–water partition coefficient (Wildman–Crippen LogP) is 3.05. The molecule has 4 nitrogen and oxygen atoms in total. The minimum absolute atomic E-state index is 0.110. The first-order valence-electron chi connectivity index (χ1n) is 6.50. The first kappa shape index (κ1) is 14.1. The van der Waals surface area contributed by atoms with Crippen LogP contribution in [0, 0.1) is 0 Å². The van der Waals surface area contributed by atoms with E-state index in [1.807, 2.05) is 6.07 Å². The van der Waals surface area contributed by atoms with Crippen molar-refractivity contribution < 1.29 is 0 Å². The lowest BCUT2D eigenvalue weighted by Crippen LogP contribution is -2.35. The fourth-order valence-corrected chi connectivity index (χ4v) is 2.69. The zero-order valence-corrected chi connectivity index (χ0v) is 12.7. The summed E-state index contributed by atoms with van der Waals surface area (Å²) in [6, 6.07) is 1.82. The molecule has 0 aliphatic carbocycles. The highest BCUT2D eigenvalue weighted by atomic mass is 32.1. The Morgan fingerprint density at radius 1 is 1.21 bits per heavy atom. The molecule has 1 N–H and O–H groups in total. The van der Waals surface area contributed by atoms with Crippen molar-refractivity contribution in [3.8, 4) is 10.8 Å². The van der Waals surface area contributed by atoms with E-state index >= 15 is 0 Å². The number of hydrogen-bond donors (Lipinski definition) is 1. The van der Waals surface area contributed by atoms with Crippen molar-refractivity contribution in [2.75, 3.05) is 0 Å². The predicted molar refractivity (Wildman–Crippen MR) is 79.1 cm³/mol. The Kier molecular flexibility index (Phi) is 4.27. The van der Waals surface area contributed by atoms with E-state index in [1.54, 1.807) is 23.7 Å². The Morgan fingerprint density at radius 3 is 2.47 bits per heavy atom. The minimum Gasteiger partial charge on any atom is -0.307 e. The molecule has 19 heavy (non-hydrogen) atoms. The largest absolute Gasteiger partial charge is 0.307 e. The summed E-state index contributed by atoms with van der Waals surface area (Å²) in [7, 11) is 0. The van der Waals surface area contributed by atoms with Crippen LogP contribution in [0.2, 0.25) is 0 Å². The van der Waals surface area contributed by atoms with Gasteiger partial charge in [0.05, 0.1) is 5.69 Å². The van der Waals surface area contributed by atoms with Crippen LogP contribution in [-0.2, 0) is 13.0 Å². The van der Waals surface area contributed by atoms with E-state index in [9.17, 15) is 0 Å². The second kappa shape index (κ2) is 5.75. The van der Waals surface area contributed by atoms with Crippen LogP contribution < -0.4 is 5.32 Å². The molecule has 0 aliphatic heterocycles. The van der Waals surface area contributed by atoms with E-state index in [-0.39, 0.29) is 5.54 Å². The molecule has 0 bridgehead atoms. The van der Waals surface area contributed by atoms with Gasteiger partial charge in [0, 0.05) is 29.4 Å². The molecular formula is C14H20N4S. The summed E-state index contributed by atoms with van der Waals surface area (Å²) in [6.07, 6.45) is 4.44. The van der Waals surface area contributed by atoms with Crippen LogP contribution in [0.25, 0.3) is 10.8 Å². The Labute approximate surface area is 118 Å². The standard InChI is InChI=1S/C14H20N4S/c1-5-10-11(9-17-14(2,3)4)19-13(18-10)12-15-7-6-8-16-12/h6-8,17H,5,9H2,1-4H3. The van der Waals surface area contributed by atoms with Gasteiger partial charge in [0.2, 0.25) is 0 Å². The molecule has 0 spiro atoms. The summed E-state index contributed by atoms with van der Waals surface area (Å²) >= 11 is 1.68. The molecule has 0 amide bonds. The van der Waals surface area contributed by atoms with Crippen molar-refractivity contribution >= 4 is 11.3 Å². The maximum atomic E-state index is 4.65. The zero-order chi connectivity index (χ0) is 13.9. The number of hydrogen-bond acceptors (Lipinski definition) is 5. The third-order valence-corrected chi connectivity index (χ3v) is 3.74. The highest BCUT2D eigenvalue weighted by Gasteiger charge is 2.15. The smallest absolute Gasteiger partial charge is 0.188 e. The van der Waals surface area contributed by atoms with Gasteiger partial charge >= 0.3 is 0 Å². The van der Waals surface area contributed by atoms with E-state index in [0.717, 1.165) is 23.7 Å². The molecule has 2 heterocycles. The SMILES string of the molecule is CCc1nc(-c2ncccn2)sc1CNC(C)(C)C. The number of aromatic nitrogens is 3. The second-order valence-corrected chi connectivity index (χ2v) is 6.50. The molecule has 0 aliphatic rings. The summed E-state index contributed by atoms with van der Waals surface area (Å²) in [4.78, 5) is 14.5. The second-order valence-electron chi connectivity index (χ2n) is 5.42. The van der Waals surface area contributed by atoms with Crippen LogP contribution >= 0.6 is 11.3 Å². The summed E-state index contributed by atoms with van der Waals surface area (Å²) in [5, 5.41) is 4.41. The highest BCUT2D eigenvalue weighted by Crippen LogP contribution is 2.26. The van der Waals surface area contributed by atoms with Crippen LogP contribution in [0.1, 0.15) is 38.3 Å². The maximum Gasteiger partial charge on any atom is 0.188 e. The van der Waals surface area contributed by atoms with E-state index in [4.69, 9.17) is 0 Å². The molecule has 0 saturated carbocycles. The summed E-state index contributed by atoms with van der Waals surface area (Å²) in [6.45, 7) is 9.48. The van der Waals surface area contributed by atoms with E-state index in [1.165, 1.54) is 4.88 Å². The fraction of sp³-hybridized carbons (Fsp3) is 0.500. The van der Waals surface area contributed by atoms with Crippen molar-refractivity contribution in [2.45, 2.75) is 46.2 Å². The van der Waals surface area contributed by atoms with Crippen LogP contribution in [0.4, 0.5) is 0 Å². The first-order valence-corrected chi connectivity index (χ1v) is 7.32. The fourth-order valence-electron chi connectivity index (χ4n) is 1.65. The van der Waals surface area contributed by atoms with Crippen molar-refractivity contribution in [1.29, 1.82) is 0 Å². The van der Waals surface area contributed by atoms with Crippen molar-refractivity contribution in [3.05, 3.63) is 29.0 Å². The van der Waals surface area contributed by atoms with Crippen LogP contribution in [0.3, 0.4) is 0 Å². The average molecular weight is 276 g/mol. The van der Waals surface area contributed by atoms with E-state index in [0.29, 0.717) is 5.82 Å². The number of nitrogens with one attached hydrogen (secondary N) is 1. The van der Waals surface area contributed by atoms with Gasteiger partial charge in [-0.25, -0.2) is 15.0 Å². The molecular weight excluding hydrogens is 256 g/mol. The van der Waals surface area contributed by atoms with Gasteiger partial charge in [-0.3, -0.25) is 0 Å². The number of rotatable bonds is 4. The Hall–Kier alpha value is -1.33. The van der Waals surface area contributed by atoms with Gasteiger partial charge in [-0.05, 0) is 33.3 Å². The van der Waals surface area contributed by atoms with Gasteiger partial charge in [-0.2, -0.15) is 0 Å². The maximum absolute atomic E-state index is 4.65. The molecule has 0 radical (unpaired) electrons. The highest BCUT2D eigenvalue weighted by molar-refractivity contribution is 7.15. The van der Waals surface area contributed by atoms with E-state index < -0.39 is 0 Å². The topological polar surface area (TPSA) is 50.7 Å². The molecule has 2 aromatic heterocycles. The van der Waals surface area contributed by atoms with Crippen LogP contribution in [0.5, 0.6) is 0 Å². The quantitative estimate of drug-likeness (QED) is 0.932. The van der Waals surface area contributed by atoms with Crippen LogP contribution in [-0.4, -0.2) is 20.5 Å². The van der Waals surface area contributed by atoms with Gasteiger partial charge in [-0.15, -0.1) is 11.3 Å². The normalized spacial score (nSPS) is 11.8. The molecule has 5 heteroatoms. The van der Waals surface area contributed by atoms with Crippen LogP contribution in [0.15, 0.2) is 18.5 Å². The Balaban J connectivity index is 2.23. The molecule has 2 aromatic rings. The Bertz CT molecular complexity index is 528. The molecule has 0 atom stereocenters. The minimum atomic E-state index is 0.110. The summed E-state index contributed by atoms with van der Waals surface area (Å²) in [5.41, 5.74) is 1.25. The lowest BCUT2D eigenvalue weighted by Gasteiger charge is -2.20. The molecule has 0 aromatic carbocycles.